The molecule has 0 aliphatic heterocycles. The fourth-order valence-corrected chi connectivity index (χ4v) is 3.04. The lowest BCUT2D eigenvalue weighted by Crippen LogP contribution is -1.55. The van der Waals surface area contributed by atoms with E-state index in [1.165, 1.54) is 0 Å². The van der Waals surface area contributed by atoms with Crippen LogP contribution < -0.4 is 0 Å². The van der Waals surface area contributed by atoms with Gasteiger partial charge in [0.2, 0.25) is 0 Å². The first-order valence-electron chi connectivity index (χ1n) is 16.8. The predicted octanol–water partition coefficient (Wildman–Crippen LogP) is 14.4. The summed E-state index contributed by atoms with van der Waals surface area (Å²) in [5.74, 6) is 0. The first-order chi connectivity index (χ1) is 24.9. The van der Waals surface area contributed by atoms with E-state index in [-0.39, 0.29) is 0 Å². The van der Waals surface area contributed by atoms with Gasteiger partial charge in [-0.1, -0.05) is 292 Å². The van der Waals surface area contributed by atoms with Crippen molar-refractivity contribution < 1.29 is 0 Å². The topological polar surface area (TPSA) is 0 Å². The van der Waals surface area contributed by atoms with Gasteiger partial charge in [-0.15, -0.1) is 0 Å². The Morgan fingerprint density at radius 1 is 0.100 bits per heavy atom. The van der Waals surface area contributed by atoms with Gasteiger partial charge < -0.3 is 0 Å². The lowest BCUT2D eigenvalue weighted by molar-refractivity contribution is 1.73. The quantitative estimate of drug-likeness (QED) is 0.0962. The van der Waals surface area contributed by atoms with E-state index in [0.29, 0.717) is 0 Å². The third-order valence-electron chi connectivity index (χ3n) is 5.38. The van der Waals surface area contributed by atoms with Crippen molar-refractivity contribution >= 4 is 0 Å². The highest BCUT2D eigenvalue weighted by Crippen LogP contribution is 1.90. The summed E-state index contributed by atoms with van der Waals surface area (Å²) in [6.07, 6.45) is 96.0. The second kappa shape index (κ2) is 42.8. The molecule has 0 heterocycles. The lowest BCUT2D eigenvalue weighted by atomic mass is 10.3. The maximum atomic E-state index is 2.00. The third kappa shape index (κ3) is 41.8. The van der Waals surface area contributed by atoms with Crippen molar-refractivity contribution in [3.05, 3.63) is 292 Å². The molecule has 0 saturated heterocycles. The first-order valence-corrected chi connectivity index (χ1v) is 16.8. The summed E-state index contributed by atoms with van der Waals surface area (Å²) < 4.78 is 0. The van der Waals surface area contributed by atoms with Gasteiger partial charge >= 0.3 is 0 Å². The van der Waals surface area contributed by atoms with E-state index in [1.807, 2.05) is 305 Å². The van der Waals surface area contributed by atoms with E-state index in [0.717, 1.165) is 0 Å². The van der Waals surface area contributed by atoms with Crippen molar-refractivity contribution in [1.29, 1.82) is 0 Å². The molecule has 0 spiro atoms. The highest BCUT2D eigenvalue weighted by molar-refractivity contribution is 5.26. The van der Waals surface area contributed by atoms with Gasteiger partial charge in [0.1, 0.15) is 0 Å². The minimum Gasteiger partial charge on any atom is -0.0877 e. The van der Waals surface area contributed by atoms with E-state index >= 15 is 0 Å². The van der Waals surface area contributed by atoms with E-state index in [2.05, 4.69) is 0 Å². The molecule has 0 radical (unpaired) electrons. The molecule has 0 aromatic heterocycles. The summed E-state index contributed by atoms with van der Waals surface area (Å²) in [7, 11) is 0. The SMILES string of the molecule is CC=CC=CC=CC=CC=CC=CC=CC=CC=CC=CC=CC=CC=CC=CC=CC=CC=CC=CC=CC=CC=CC=CC=CC=CC. The normalized spacial score (nSPS) is 15.5. The number of hydrogen-bond acceptors (Lipinski definition) is 0. The van der Waals surface area contributed by atoms with Crippen LogP contribution in [0.4, 0.5) is 0 Å². The average Bonchev–Trinajstić information content (AvgIpc) is 3.13. The summed E-state index contributed by atoms with van der Waals surface area (Å²) in [6.45, 7) is 4.00. The molecule has 0 amide bonds. The Labute approximate surface area is 304 Å². The van der Waals surface area contributed by atoms with Crippen LogP contribution in [0.25, 0.3) is 0 Å². The van der Waals surface area contributed by atoms with Crippen LogP contribution in [0.3, 0.4) is 0 Å². The minimum absolute atomic E-state index is 2.00. The van der Waals surface area contributed by atoms with Crippen molar-refractivity contribution in [3.8, 4) is 0 Å². The molecule has 0 aromatic rings. The smallest absolute Gasteiger partial charge is 0.0467 e. The minimum atomic E-state index is 2.00. The molecular weight excluding hydrogens is 601 g/mol. The lowest BCUT2D eigenvalue weighted by Gasteiger charge is -1.77. The van der Waals surface area contributed by atoms with Crippen LogP contribution in [-0.4, -0.2) is 0 Å². The standard InChI is InChI=1S/C50H54/c1-3-5-7-9-11-13-15-17-19-21-23-25-27-29-31-33-35-37-39-41-43-45-47-49-50-48-46-44-42-40-38-36-34-32-30-28-26-24-22-20-18-16-14-12-10-8-6-4-2/h3-50H,1-2H3. The van der Waals surface area contributed by atoms with E-state index in [9.17, 15) is 0 Å². The van der Waals surface area contributed by atoms with Crippen LogP contribution in [0.5, 0.6) is 0 Å². The molecule has 0 aromatic carbocycles. The number of allylic oxidation sites excluding steroid dienone is 48. The average molecular weight is 655 g/mol. The van der Waals surface area contributed by atoms with E-state index < -0.39 is 0 Å². The second-order valence-electron chi connectivity index (χ2n) is 9.52. The summed E-state index contributed by atoms with van der Waals surface area (Å²) in [5, 5.41) is 0. The van der Waals surface area contributed by atoms with Crippen LogP contribution in [0.15, 0.2) is 292 Å². The molecule has 0 fully saturated rings. The zero-order valence-electron chi connectivity index (χ0n) is 29.7. The largest absolute Gasteiger partial charge is 0.0877 e. The Hall–Kier alpha value is -6.24. The van der Waals surface area contributed by atoms with Crippen molar-refractivity contribution in [3.63, 3.8) is 0 Å². The van der Waals surface area contributed by atoms with Crippen molar-refractivity contribution in [2.75, 3.05) is 0 Å². The van der Waals surface area contributed by atoms with Gasteiger partial charge in [0.25, 0.3) is 0 Å². The molecule has 0 N–H and O–H groups in total. The molecule has 0 nitrogen and oxygen atoms in total. The fourth-order valence-electron chi connectivity index (χ4n) is 3.04. The Morgan fingerprint density at radius 2 is 0.160 bits per heavy atom. The van der Waals surface area contributed by atoms with Crippen LogP contribution in [0.1, 0.15) is 13.8 Å². The first kappa shape index (κ1) is 43.8. The highest BCUT2D eigenvalue weighted by atomic mass is 13.8. The molecule has 50 heavy (non-hydrogen) atoms. The fraction of sp³-hybridized carbons (Fsp3) is 0.0400. The summed E-state index contributed by atoms with van der Waals surface area (Å²) in [5.41, 5.74) is 0. The third-order valence-corrected chi connectivity index (χ3v) is 5.38. The Balaban J connectivity index is 4.05. The molecule has 254 valence electrons. The predicted molar refractivity (Wildman–Crippen MR) is 231 cm³/mol. The second-order valence-corrected chi connectivity index (χ2v) is 9.52. The van der Waals surface area contributed by atoms with Crippen molar-refractivity contribution in [1.82, 2.24) is 0 Å². The van der Waals surface area contributed by atoms with Gasteiger partial charge in [-0.3, -0.25) is 0 Å². The van der Waals surface area contributed by atoms with Crippen LogP contribution >= 0.6 is 0 Å². The zero-order chi connectivity index (χ0) is 35.9. The molecule has 0 unspecified atom stereocenters. The molecular formula is C50H54. The number of rotatable bonds is 23. The van der Waals surface area contributed by atoms with E-state index in [1.54, 1.807) is 0 Å². The summed E-state index contributed by atoms with van der Waals surface area (Å²) in [6, 6.07) is 0. The molecule has 0 saturated carbocycles. The molecule has 0 atom stereocenters. The zero-order valence-corrected chi connectivity index (χ0v) is 29.7. The van der Waals surface area contributed by atoms with Crippen LogP contribution in [0, 0.1) is 0 Å². The summed E-state index contributed by atoms with van der Waals surface area (Å²) in [4.78, 5) is 0. The molecule has 0 bridgehead atoms. The maximum absolute atomic E-state index is 2.00. The van der Waals surface area contributed by atoms with Crippen LogP contribution in [-0.2, 0) is 0 Å². The summed E-state index contributed by atoms with van der Waals surface area (Å²) >= 11 is 0. The van der Waals surface area contributed by atoms with Gasteiger partial charge in [0, 0.05) is 0 Å². The molecule has 0 aliphatic rings. The molecule has 0 aliphatic carbocycles. The van der Waals surface area contributed by atoms with Gasteiger partial charge in [-0.25, -0.2) is 0 Å². The van der Waals surface area contributed by atoms with Gasteiger partial charge in [0.15, 0.2) is 0 Å². The van der Waals surface area contributed by atoms with Crippen molar-refractivity contribution in [2.24, 2.45) is 0 Å². The Kier molecular flexibility index (Phi) is 37.4. The Morgan fingerprint density at radius 3 is 0.220 bits per heavy atom. The van der Waals surface area contributed by atoms with E-state index in [4.69, 9.17) is 0 Å². The van der Waals surface area contributed by atoms with Crippen LogP contribution in [0.2, 0.25) is 0 Å². The maximum Gasteiger partial charge on any atom is -0.0467 e. The van der Waals surface area contributed by atoms with Gasteiger partial charge in [-0.2, -0.15) is 0 Å². The molecule has 0 heteroatoms. The van der Waals surface area contributed by atoms with Gasteiger partial charge in [-0.05, 0) is 13.8 Å². The monoisotopic (exact) mass is 654 g/mol. The van der Waals surface area contributed by atoms with Gasteiger partial charge in [0.05, 0.1) is 0 Å². The number of hydrogen-bond donors (Lipinski definition) is 0. The molecule has 0 rings (SSSR count). The Bertz CT molecular complexity index is 1440. The van der Waals surface area contributed by atoms with Crippen molar-refractivity contribution in [2.45, 2.75) is 13.8 Å². The highest BCUT2D eigenvalue weighted by Gasteiger charge is 1.68.